The number of fused-ring (bicyclic) bond motifs is 3. The number of hydrogen-bond acceptors (Lipinski definition) is 5. The Bertz CT molecular complexity index is 735. The fourth-order valence-corrected chi connectivity index (χ4v) is 5.29. The topological polar surface area (TPSA) is 77.8 Å². The minimum atomic E-state index is -1.82. The molecular weight excluding hydrogens is 334 g/mol. The monoisotopic (exact) mass is 351 g/mol. The molecule has 0 radical (unpaired) electrons. The molecule has 0 amide bonds. The van der Waals surface area contributed by atoms with Crippen molar-refractivity contribution in [2.75, 3.05) is 7.05 Å². The molecule has 2 unspecified atom stereocenters. The molecular formula is C16H17NO4S2. The van der Waals surface area contributed by atoms with Crippen molar-refractivity contribution in [3.63, 3.8) is 0 Å². The predicted octanol–water partition coefficient (Wildman–Crippen LogP) is 3.37. The van der Waals surface area contributed by atoms with Crippen LogP contribution < -0.4 is 0 Å². The Balaban J connectivity index is 0.000000227. The predicted molar refractivity (Wildman–Crippen MR) is 92.1 cm³/mol. The van der Waals surface area contributed by atoms with Gasteiger partial charge in [0.25, 0.3) is 0 Å². The molecule has 1 fully saturated rings. The molecule has 0 aliphatic carbocycles. The first-order chi connectivity index (χ1) is 11.0. The SMILES string of the molecule is CN1C2C=C(c3cc4sccc4s3)CC1CC2.O=C(O)C(=O)O. The molecule has 0 spiro atoms. The van der Waals surface area contributed by atoms with E-state index in [1.807, 2.05) is 22.7 Å². The third-order valence-electron chi connectivity index (χ3n) is 4.38. The summed E-state index contributed by atoms with van der Waals surface area (Å²) in [5, 5.41) is 17.0. The second-order valence-corrected chi connectivity index (χ2v) is 7.76. The number of aliphatic carboxylic acids is 2. The van der Waals surface area contributed by atoms with Crippen molar-refractivity contribution >= 4 is 49.6 Å². The summed E-state index contributed by atoms with van der Waals surface area (Å²) in [6, 6.07) is 6.13. The van der Waals surface area contributed by atoms with Gasteiger partial charge in [-0.05, 0) is 49.4 Å². The molecule has 2 N–H and O–H groups in total. The van der Waals surface area contributed by atoms with Gasteiger partial charge in [-0.3, -0.25) is 4.90 Å². The number of thiophene rings is 2. The molecule has 2 aliphatic rings. The third-order valence-corrected chi connectivity index (χ3v) is 6.55. The molecule has 7 heteroatoms. The Morgan fingerprint density at radius 2 is 1.96 bits per heavy atom. The smallest absolute Gasteiger partial charge is 0.414 e. The number of carbonyl (C=O) groups is 2. The van der Waals surface area contributed by atoms with Gasteiger partial charge in [-0.15, -0.1) is 22.7 Å². The van der Waals surface area contributed by atoms with Crippen molar-refractivity contribution in [1.29, 1.82) is 0 Å². The van der Waals surface area contributed by atoms with E-state index >= 15 is 0 Å². The standard InChI is InChI=1S/C14H15NS2.C2H2O4/c1-15-10-2-3-11(15)7-9(6-10)13-8-14-12(17-13)4-5-16-14;3-1(4)2(5)6/h4-6,8,10-11H,2-3,7H2,1H3;(H,3,4)(H,5,6). The van der Waals surface area contributed by atoms with Gasteiger partial charge in [0.1, 0.15) is 0 Å². The Morgan fingerprint density at radius 1 is 1.22 bits per heavy atom. The molecule has 2 aromatic rings. The number of nitrogens with zero attached hydrogens (tertiary/aromatic N) is 1. The maximum atomic E-state index is 9.10. The average Bonchev–Trinajstić information content (AvgIpc) is 3.12. The molecule has 4 rings (SSSR count). The van der Waals surface area contributed by atoms with Crippen molar-refractivity contribution < 1.29 is 19.8 Å². The highest BCUT2D eigenvalue weighted by atomic mass is 32.1. The van der Waals surface area contributed by atoms with E-state index in [2.05, 4.69) is 35.5 Å². The van der Waals surface area contributed by atoms with Crippen molar-refractivity contribution in [3.8, 4) is 0 Å². The minimum Gasteiger partial charge on any atom is -0.473 e. The molecule has 1 saturated heterocycles. The van der Waals surface area contributed by atoms with E-state index in [1.165, 1.54) is 33.5 Å². The van der Waals surface area contributed by atoms with Crippen LogP contribution >= 0.6 is 22.7 Å². The van der Waals surface area contributed by atoms with Crippen LogP contribution in [0.3, 0.4) is 0 Å². The van der Waals surface area contributed by atoms with Crippen LogP contribution in [0.2, 0.25) is 0 Å². The molecule has 2 bridgehead atoms. The normalized spacial score (nSPS) is 23.3. The lowest BCUT2D eigenvalue weighted by Crippen LogP contribution is -2.34. The van der Waals surface area contributed by atoms with E-state index in [0.29, 0.717) is 6.04 Å². The number of hydrogen-bond donors (Lipinski definition) is 2. The van der Waals surface area contributed by atoms with Crippen molar-refractivity contribution in [2.45, 2.75) is 31.3 Å². The van der Waals surface area contributed by atoms with E-state index in [-0.39, 0.29) is 0 Å². The van der Waals surface area contributed by atoms with E-state index in [1.54, 1.807) is 5.57 Å². The summed E-state index contributed by atoms with van der Waals surface area (Å²) >= 11 is 3.83. The average molecular weight is 351 g/mol. The van der Waals surface area contributed by atoms with E-state index in [9.17, 15) is 0 Å². The Labute approximate surface area is 141 Å². The number of carboxylic acids is 2. The highest BCUT2D eigenvalue weighted by Gasteiger charge is 2.34. The van der Waals surface area contributed by atoms with Gasteiger partial charge in [0.15, 0.2) is 0 Å². The lowest BCUT2D eigenvalue weighted by atomic mass is 10.0. The van der Waals surface area contributed by atoms with Gasteiger partial charge in [-0.2, -0.15) is 0 Å². The van der Waals surface area contributed by atoms with Crippen LogP contribution in [0, 0.1) is 0 Å². The van der Waals surface area contributed by atoms with Gasteiger partial charge >= 0.3 is 11.9 Å². The first-order valence-electron chi connectivity index (χ1n) is 7.32. The number of carboxylic acid groups (broad SMARTS) is 2. The first kappa shape index (κ1) is 16.2. The Kier molecular flexibility index (Phi) is 4.52. The number of rotatable bonds is 1. The summed E-state index contributed by atoms with van der Waals surface area (Å²) in [7, 11) is 2.28. The zero-order chi connectivity index (χ0) is 16.6. The van der Waals surface area contributed by atoms with Crippen LogP contribution in [0.15, 0.2) is 23.6 Å². The summed E-state index contributed by atoms with van der Waals surface area (Å²) in [5.41, 5.74) is 1.60. The molecule has 0 aromatic carbocycles. The first-order valence-corrected chi connectivity index (χ1v) is 9.01. The maximum absolute atomic E-state index is 9.10. The number of likely N-dealkylation sites (N-methyl/N-ethyl adjacent to an activating group) is 1. The van der Waals surface area contributed by atoms with Crippen LogP contribution in [0.1, 0.15) is 24.1 Å². The quantitative estimate of drug-likeness (QED) is 0.770. The lowest BCUT2D eigenvalue weighted by molar-refractivity contribution is -0.159. The molecule has 4 heterocycles. The summed E-state index contributed by atoms with van der Waals surface area (Å²) in [5.74, 6) is -3.65. The second-order valence-electron chi connectivity index (χ2n) is 5.73. The van der Waals surface area contributed by atoms with Crippen molar-refractivity contribution in [2.24, 2.45) is 0 Å². The van der Waals surface area contributed by atoms with Gasteiger partial charge in [0, 0.05) is 26.4 Å². The van der Waals surface area contributed by atoms with Gasteiger partial charge in [0.2, 0.25) is 0 Å². The van der Waals surface area contributed by atoms with Crippen LogP contribution in [0.25, 0.3) is 15.0 Å². The van der Waals surface area contributed by atoms with E-state index in [0.717, 1.165) is 6.04 Å². The fraction of sp³-hybridized carbons (Fsp3) is 0.375. The van der Waals surface area contributed by atoms with Gasteiger partial charge in [0.05, 0.1) is 0 Å². The molecule has 0 saturated carbocycles. The van der Waals surface area contributed by atoms with Crippen LogP contribution in [0.5, 0.6) is 0 Å². The minimum absolute atomic E-state index is 0.698. The fourth-order valence-electron chi connectivity index (χ4n) is 3.15. The summed E-state index contributed by atoms with van der Waals surface area (Å²) in [6.07, 6.45) is 6.49. The van der Waals surface area contributed by atoms with Crippen LogP contribution in [-0.2, 0) is 9.59 Å². The second kappa shape index (κ2) is 6.43. The van der Waals surface area contributed by atoms with E-state index in [4.69, 9.17) is 19.8 Å². The third kappa shape index (κ3) is 3.31. The summed E-state index contributed by atoms with van der Waals surface area (Å²) < 4.78 is 2.91. The van der Waals surface area contributed by atoms with Crippen molar-refractivity contribution in [3.05, 3.63) is 28.5 Å². The Hall–Kier alpha value is -1.70. The van der Waals surface area contributed by atoms with Gasteiger partial charge in [-0.25, -0.2) is 9.59 Å². The molecule has 2 aliphatic heterocycles. The zero-order valence-electron chi connectivity index (χ0n) is 12.6. The molecule has 2 aromatic heterocycles. The molecule has 122 valence electrons. The highest BCUT2D eigenvalue weighted by molar-refractivity contribution is 7.27. The largest absolute Gasteiger partial charge is 0.473 e. The lowest BCUT2D eigenvalue weighted by Gasteiger charge is -2.29. The molecule has 23 heavy (non-hydrogen) atoms. The maximum Gasteiger partial charge on any atom is 0.414 e. The van der Waals surface area contributed by atoms with E-state index < -0.39 is 11.9 Å². The summed E-state index contributed by atoms with van der Waals surface area (Å²) in [4.78, 5) is 22.3. The van der Waals surface area contributed by atoms with Crippen molar-refractivity contribution in [1.82, 2.24) is 4.90 Å². The zero-order valence-corrected chi connectivity index (χ0v) is 14.2. The van der Waals surface area contributed by atoms with Crippen LogP contribution in [-0.4, -0.2) is 46.2 Å². The van der Waals surface area contributed by atoms with Gasteiger partial charge in [-0.1, -0.05) is 6.08 Å². The summed E-state index contributed by atoms with van der Waals surface area (Å²) in [6.45, 7) is 0. The Morgan fingerprint density at radius 3 is 2.57 bits per heavy atom. The molecule has 5 nitrogen and oxygen atoms in total. The molecule has 2 atom stereocenters. The van der Waals surface area contributed by atoms with Gasteiger partial charge < -0.3 is 10.2 Å². The van der Waals surface area contributed by atoms with Crippen LogP contribution in [0.4, 0.5) is 0 Å². The highest BCUT2D eigenvalue weighted by Crippen LogP contribution is 2.41.